The summed E-state index contributed by atoms with van der Waals surface area (Å²) in [7, 11) is 0. The van der Waals surface area contributed by atoms with Gasteiger partial charge in [0.2, 0.25) is 0 Å². The highest BCUT2D eigenvalue weighted by Gasteiger charge is 2.20. The molecular weight excluding hydrogens is 401 g/mol. The van der Waals surface area contributed by atoms with Crippen molar-refractivity contribution in [2.45, 2.75) is 25.8 Å². The molecule has 1 saturated heterocycles. The van der Waals surface area contributed by atoms with E-state index in [4.69, 9.17) is 32.7 Å². The minimum Gasteiger partial charge on any atom is -0.486 e. The maximum Gasteiger partial charge on any atom is 0.255 e. The molecule has 0 spiro atoms. The third-order valence-corrected chi connectivity index (χ3v) is 5.42. The molecule has 0 aliphatic carbocycles. The van der Waals surface area contributed by atoms with Crippen LogP contribution in [-0.4, -0.2) is 42.1 Å². The summed E-state index contributed by atoms with van der Waals surface area (Å²) < 4.78 is 11.1. The predicted octanol–water partition coefficient (Wildman–Crippen LogP) is 4.40. The van der Waals surface area contributed by atoms with Gasteiger partial charge in [0.25, 0.3) is 5.91 Å². The van der Waals surface area contributed by atoms with Crippen LogP contribution >= 0.6 is 23.2 Å². The number of pyridine rings is 1. The Hall–Kier alpha value is -2.18. The van der Waals surface area contributed by atoms with Gasteiger partial charge in [-0.25, -0.2) is 4.98 Å². The number of likely N-dealkylation sites (tertiary alicyclic amines) is 1. The van der Waals surface area contributed by atoms with Gasteiger partial charge in [-0.15, -0.1) is 0 Å². The average Bonchev–Trinajstić information content (AvgIpc) is 2.73. The zero-order valence-corrected chi connectivity index (χ0v) is 16.9. The van der Waals surface area contributed by atoms with Crippen LogP contribution in [0.5, 0.6) is 11.5 Å². The molecule has 0 atom stereocenters. The second-order valence-electron chi connectivity index (χ2n) is 6.86. The van der Waals surface area contributed by atoms with Gasteiger partial charge >= 0.3 is 0 Å². The molecule has 1 fully saturated rings. The summed E-state index contributed by atoms with van der Waals surface area (Å²) in [5, 5.41) is 4.10. The van der Waals surface area contributed by atoms with Gasteiger partial charge in [-0.3, -0.25) is 4.79 Å². The number of nitrogens with one attached hydrogen (secondary N) is 1. The van der Waals surface area contributed by atoms with Gasteiger partial charge in [-0.1, -0.05) is 23.2 Å². The predicted molar refractivity (Wildman–Crippen MR) is 109 cm³/mol. The Bertz CT molecular complexity index is 885. The van der Waals surface area contributed by atoms with Gasteiger partial charge < -0.3 is 19.7 Å². The molecule has 28 heavy (non-hydrogen) atoms. The second kappa shape index (κ2) is 8.45. The van der Waals surface area contributed by atoms with E-state index in [-0.39, 0.29) is 5.91 Å². The van der Waals surface area contributed by atoms with Crippen molar-refractivity contribution < 1.29 is 14.3 Å². The summed E-state index contributed by atoms with van der Waals surface area (Å²) in [6, 6.07) is 5.38. The van der Waals surface area contributed by atoms with E-state index < -0.39 is 0 Å². The number of anilines is 1. The standard InChI is InChI=1S/C20H21Cl2N3O3/c21-15-8-13(9-17-18(15)28-7-6-27-17)11-23-19-16(22)10-14(12-24-19)20(26)25-4-2-1-3-5-25/h8-10,12H,1-7,11H2,(H,23,24). The summed E-state index contributed by atoms with van der Waals surface area (Å²) in [5.74, 6) is 1.72. The molecule has 2 aromatic rings. The first-order valence-electron chi connectivity index (χ1n) is 9.38. The molecule has 0 saturated carbocycles. The number of rotatable bonds is 4. The summed E-state index contributed by atoms with van der Waals surface area (Å²) in [5.41, 5.74) is 1.43. The number of hydrogen-bond donors (Lipinski definition) is 1. The van der Waals surface area contributed by atoms with Gasteiger partial charge in [0, 0.05) is 25.8 Å². The number of hydrogen-bond acceptors (Lipinski definition) is 5. The van der Waals surface area contributed by atoms with Gasteiger partial charge in [-0.2, -0.15) is 0 Å². The number of benzene rings is 1. The van der Waals surface area contributed by atoms with Crippen LogP contribution < -0.4 is 14.8 Å². The number of piperidine rings is 1. The molecule has 6 nitrogen and oxygen atoms in total. The number of fused-ring (bicyclic) bond motifs is 1. The Kier molecular flexibility index (Phi) is 5.78. The van der Waals surface area contributed by atoms with Crippen molar-refractivity contribution in [3.63, 3.8) is 0 Å². The SMILES string of the molecule is O=C(c1cnc(NCc2cc(Cl)c3c(c2)OCCO3)c(Cl)c1)N1CCCCC1. The molecule has 0 radical (unpaired) electrons. The highest BCUT2D eigenvalue weighted by atomic mass is 35.5. The number of nitrogens with zero attached hydrogens (tertiary/aromatic N) is 2. The molecule has 0 bridgehead atoms. The Balaban J connectivity index is 1.44. The van der Waals surface area contributed by atoms with Crippen LogP contribution in [0.25, 0.3) is 0 Å². The molecule has 8 heteroatoms. The van der Waals surface area contributed by atoms with Crippen LogP contribution in [0.1, 0.15) is 35.2 Å². The molecule has 2 aliphatic rings. The topological polar surface area (TPSA) is 63.7 Å². The van der Waals surface area contributed by atoms with E-state index >= 15 is 0 Å². The molecule has 1 amide bonds. The lowest BCUT2D eigenvalue weighted by Crippen LogP contribution is -2.35. The molecule has 0 unspecified atom stereocenters. The average molecular weight is 422 g/mol. The van der Waals surface area contributed by atoms with Crippen LogP contribution in [0.2, 0.25) is 10.0 Å². The fraction of sp³-hybridized carbons (Fsp3) is 0.400. The van der Waals surface area contributed by atoms with Crippen molar-refractivity contribution in [2.24, 2.45) is 0 Å². The maximum absolute atomic E-state index is 12.6. The van der Waals surface area contributed by atoms with Gasteiger partial charge in [-0.05, 0) is 43.0 Å². The van der Waals surface area contributed by atoms with Crippen LogP contribution in [-0.2, 0) is 6.54 Å². The monoisotopic (exact) mass is 421 g/mol. The molecule has 148 valence electrons. The molecule has 4 rings (SSSR count). The first-order valence-corrected chi connectivity index (χ1v) is 10.1. The van der Waals surface area contributed by atoms with Gasteiger partial charge in [0.15, 0.2) is 11.5 Å². The molecule has 1 aromatic heterocycles. The summed E-state index contributed by atoms with van der Waals surface area (Å²) in [6.07, 6.45) is 4.84. The van der Waals surface area contributed by atoms with Crippen LogP contribution in [0.3, 0.4) is 0 Å². The lowest BCUT2D eigenvalue weighted by atomic mass is 10.1. The fourth-order valence-corrected chi connectivity index (χ4v) is 3.94. The number of aromatic nitrogens is 1. The van der Waals surface area contributed by atoms with E-state index in [0.717, 1.165) is 31.5 Å². The van der Waals surface area contributed by atoms with Gasteiger partial charge in [0.05, 0.1) is 15.6 Å². The second-order valence-corrected chi connectivity index (χ2v) is 7.68. The summed E-state index contributed by atoms with van der Waals surface area (Å²) >= 11 is 12.6. The maximum atomic E-state index is 12.6. The van der Waals surface area contributed by atoms with E-state index in [1.807, 2.05) is 17.0 Å². The summed E-state index contributed by atoms with van der Waals surface area (Å²) in [6.45, 7) is 3.04. The minimum atomic E-state index is -0.0146. The van der Waals surface area contributed by atoms with Crippen LogP contribution in [0, 0.1) is 0 Å². The zero-order chi connectivity index (χ0) is 19.5. The summed E-state index contributed by atoms with van der Waals surface area (Å²) in [4.78, 5) is 18.8. The third kappa shape index (κ3) is 4.13. The molecule has 1 aromatic carbocycles. The Labute approximate surface area is 173 Å². The number of amides is 1. The Morgan fingerprint density at radius 1 is 1.07 bits per heavy atom. The van der Waals surface area contributed by atoms with E-state index in [9.17, 15) is 4.79 Å². The number of halogens is 2. The van der Waals surface area contributed by atoms with E-state index in [1.165, 1.54) is 6.42 Å². The first-order chi connectivity index (χ1) is 13.6. The highest BCUT2D eigenvalue weighted by Crippen LogP contribution is 2.38. The Morgan fingerprint density at radius 2 is 1.86 bits per heavy atom. The van der Waals surface area contributed by atoms with E-state index in [2.05, 4.69) is 10.3 Å². The quantitative estimate of drug-likeness (QED) is 0.792. The molecule has 1 N–H and O–H groups in total. The number of carbonyl (C=O) groups is 1. The van der Waals surface area contributed by atoms with Crippen molar-refractivity contribution >= 4 is 34.9 Å². The smallest absolute Gasteiger partial charge is 0.255 e. The van der Waals surface area contributed by atoms with Crippen molar-refractivity contribution in [3.8, 4) is 11.5 Å². The van der Waals surface area contributed by atoms with Crippen LogP contribution in [0.4, 0.5) is 5.82 Å². The fourth-order valence-electron chi connectivity index (χ4n) is 3.42. The van der Waals surface area contributed by atoms with Crippen molar-refractivity contribution in [2.75, 3.05) is 31.6 Å². The largest absolute Gasteiger partial charge is 0.486 e. The van der Waals surface area contributed by atoms with Crippen molar-refractivity contribution in [1.82, 2.24) is 9.88 Å². The zero-order valence-electron chi connectivity index (χ0n) is 15.3. The molecular formula is C20H21Cl2N3O3. The third-order valence-electron chi connectivity index (χ3n) is 4.85. The van der Waals surface area contributed by atoms with Crippen molar-refractivity contribution in [1.29, 1.82) is 0 Å². The van der Waals surface area contributed by atoms with E-state index in [0.29, 0.717) is 52.7 Å². The lowest BCUT2D eigenvalue weighted by Gasteiger charge is -2.26. The molecule has 3 heterocycles. The number of ether oxygens (including phenoxy) is 2. The first kappa shape index (κ1) is 19.2. The van der Waals surface area contributed by atoms with Crippen LogP contribution in [0.15, 0.2) is 24.4 Å². The van der Waals surface area contributed by atoms with Gasteiger partial charge in [0.1, 0.15) is 19.0 Å². The van der Waals surface area contributed by atoms with Crippen molar-refractivity contribution in [3.05, 3.63) is 45.6 Å². The number of carbonyl (C=O) groups excluding carboxylic acids is 1. The van der Waals surface area contributed by atoms with E-state index in [1.54, 1.807) is 12.3 Å². The lowest BCUT2D eigenvalue weighted by molar-refractivity contribution is 0.0724. The normalized spacial score (nSPS) is 16.0. The Morgan fingerprint density at radius 3 is 2.64 bits per heavy atom. The minimum absolute atomic E-state index is 0.0146. The molecule has 2 aliphatic heterocycles. The highest BCUT2D eigenvalue weighted by molar-refractivity contribution is 6.33.